The molecule has 0 aromatic heterocycles. The van der Waals surface area contributed by atoms with Gasteiger partial charge in [-0.05, 0) is 29.8 Å². The molecule has 4 nitrogen and oxygen atoms in total. The van der Waals surface area contributed by atoms with Crippen molar-refractivity contribution in [1.29, 1.82) is 5.41 Å². The summed E-state index contributed by atoms with van der Waals surface area (Å²) in [4.78, 5) is 10.7. The summed E-state index contributed by atoms with van der Waals surface area (Å²) in [6.07, 6.45) is -4.94. The first-order chi connectivity index (χ1) is 12.6. The number of aliphatic carboxylic acids is 1. The molecular formula is C18H15Cl2F3N2O2. The van der Waals surface area contributed by atoms with Crippen molar-refractivity contribution in [2.75, 3.05) is 5.32 Å². The number of alkyl halides is 3. The van der Waals surface area contributed by atoms with Crippen molar-refractivity contribution in [2.45, 2.75) is 25.6 Å². The fraction of sp³-hybridized carbons (Fsp3) is 0.222. The second-order valence-electron chi connectivity index (χ2n) is 5.72. The Balaban J connectivity index is 2.31. The van der Waals surface area contributed by atoms with Gasteiger partial charge >= 0.3 is 12.1 Å². The van der Waals surface area contributed by atoms with Crippen LogP contribution in [-0.4, -0.2) is 16.8 Å². The summed E-state index contributed by atoms with van der Waals surface area (Å²) in [7, 11) is 0. The molecule has 0 amide bonds. The highest BCUT2D eigenvalue weighted by atomic mass is 35.5. The molecule has 0 radical (unpaired) electrons. The molecule has 0 spiro atoms. The van der Waals surface area contributed by atoms with Crippen LogP contribution < -0.4 is 5.32 Å². The van der Waals surface area contributed by atoms with E-state index in [1.165, 1.54) is 12.1 Å². The van der Waals surface area contributed by atoms with E-state index in [9.17, 15) is 18.0 Å². The zero-order valence-electron chi connectivity index (χ0n) is 13.8. The van der Waals surface area contributed by atoms with Crippen molar-refractivity contribution in [3.63, 3.8) is 0 Å². The van der Waals surface area contributed by atoms with Crippen molar-refractivity contribution < 1.29 is 23.1 Å². The largest absolute Gasteiger partial charge is 0.481 e. The van der Waals surface area contributed by atoms with Crippen LogP contribution in [0.3, 0.4) is 0 Å². The lowest BCUT2D eigenvalue weighted by Gasteiger charge is -2.16. The lowest BCUT2D eigenvalue weighted by Crippen LogP contribution is -2.12. The van der Waals surface area contributed by atoms with Gasteiger partial charge in [0.1, 0.15) is 0 Å². The molecule has 0 saturated carbocycles. The number of rotatable bonds is 7. The molecule has 2 aromatic carbocycles. The minimum Gasteiger partial charge on any atom is -0.481 e. The molecule has 9 heteroatoms. The molecule has 144 valence electrons. The summed E-state index contributed by atoms with van der Waals surface area (Å²) in [5.74, 6) is -1.09. The van der Waals surface area contributed by atoms with Gasteiger partial charge in [0.15, 0.2) is 0 Å². The molecule has 0 aliphatic rings. The molecule has 2 rings (SSSR count). The highest BCUT2D eigenvalue weighted by Crippen LogP contribution is 2.33. The van der Waals surface area contributed by atoms with Gasteiger partial charge in [-0.25, -0.2) is 0 Å². The number of anilines is 1. The van der Waals surface area contributed by atoms with Gasteiger partial charge in [-0.3, -0.25) is 4.79 Å². The van der Waals surface area contributed by atoms with E-state index in [-0.39, 0.29) is 36.3 Å². The van der Waals surface area contributed by atoms with Crippen molar-refractivity contribution in [3.8, 4) is 0 Å². The third-order valence-corrected chi connectivity index (χ3v) is 4.33. The number of carbonyl (C=O) groups is 1. The average Bonchev–Trinajstić information content (AvgIpc) is 2.58. The Morgan fingerprint density at radius 1 is 1.11 bits per heavy atom. The molecule has 0 fully saturated rings. The number of carboxylic acids is 1. The Morgan fingerprint density at radius 2 is 1.81 bits per heavy atom. The minimum absolute atomic E-state index is 0.0733. The SMILES string of the molecule is N=C(CCC(=O)O)c1ccc(C(F)(F)F)cc1NCc1ccc(Cl)cc1Cl. The van der Waals surface area contributed by atoms with Crippen LogP contribution in [-0.2, 0) is 17.5 Å². The van der Waals surface area contributed by atoms with Crippen molar-refractivity contribution in [3.05, 3.63) is 63.1 Å². The van der Waals surface area contributed by atoms with Gasteiger partial charge in [-0.15, -0.1) is 0 Å². The van der Waals surface area contributed by atoms with E-state index < -0.39 is 17.7 Å². The van der Waals surface area contributed by atoms with E-state index in [1.807, 2.05) is 0 Å². The van der Waals surface area contributed by atoms with Crippen LogP contribution in [0.4, 0.5) is 18.9 Å². The van der Waals surface area contributed by atoms with E-state index in [0.29, 0.717) is 15.6 Å². The van der Waals surface area contributed by atoms with Crippen molar-refractivity contribution >= 4 is 40.6 Å². The van der Waals surface area contributed by atoms with E-state index in [0.717, 1.165) is 12.1 Å². The second-order valence-corrected chi connectivity index (χ2v) is 6.56. The summed E-state index contributed by atoms with van der Waals surface area (Å²) < 4.78 is 39.1. The summed E-state index contributed by atoms with van der Waals surface area (Å²) in [5.41, 5.74) is -0.0557. The van der Waals surface area contributed by atoms with Crippen LogP contribution in [0.2, 0.25) is 10.0 Å². The number of nitrogens with one attached hydrogen (secondary N) is 2. The first kappa shape index (κ1) is 21.1. The first-order valence-corrected chi connectivity index (χ1v) is 8.52. The number of hydrogen-bond donors (Lipinski definition) is 3. The third kappa shape index (κ3) is 5.87. The monoisotopic (exact) mass is 418 g/mol. The van der Waals surface area contributed by atoms with E-state index in [2.05, 4.69) is 5.32 Å². The standard InChI is InChI=1S/C18H15Cl2F3N2O2/c19-12-3-1-10(14(20)8-12)9-25-16-7-11(18(21,22)23)2-4-13(16)15(24)5-6-17(26)27/h1-4,7-8,24-25H,5-6,9H2,(H,26,27). The second kappa shape index (κ2) is 8.63. The zero-order chi connectivity index (χ0) is 20.2. The molecule has 0 heterocycles. The average molecular weight is 419 g/mol. The molecule has 0 saturated heterocycles. The van der Waals surface area contributed by atoms with Gasteiger partial charge in [0, 0.05) is 40.0 Å². The molecule has 0 unspecified atom stereocenters. The van der Waals surface area contributed by atoms with Gasteiger partial charge in [0.05, 0.1) is 12.0 Å². The Labute approximate surface area is 163 Å². The van der Waals surface area contributed by atoms with Crippen LogP contribution in [0.5, 0.6) is 0 Å². The molecule has 0 bridgehead atoms. The molecule has 2 aromatic rings. The van der Waals surface area contributed by atoms with Crippen LogP contribution in [0, 0.1) is 5.41 Å². The third-order valence-electron chi connectivity index (χ3n) is 3.75. The predicted molar refractivity (Wildman–Crippen MR) is 98.9 cm³/mol. The number of hydrogen-bond acceptors (Lipinski definition) is 3. The summed E-state index contributed by atoms with van der Waals surface area (Å²) in [6.45, 7) is 0.108. The van der Waals surface area contributed by atoms with E-state index in [4.69, 9.17) is 33.7 Å². The lowest BCUT2D eigenvalue weighted by molar-refractivity contribution is -0.138. The Kier molecular flexibility index (Phi) is 6.73. The normalized spacial score (nSPS) is 11.3. The Morgan fingerprint density at radius 3 is 2.41 bits per heavy atom. The summed E-state index contributed by atoms with van der Waals surface area (Å²) >= 11 is 11.9. The van der Waals surface area contributed by atoms with Crippen molar-refractivity contribution in [1.82, 2.24) is 0 Å². The number of carboxylic acid groups (broad SMARTS) is 1. The fourth-order valence-corrected chi connectivity index (χ4v) is 2.83. The maximum Gasteiger partial charge on any atom is 0.416 e. The number of halogens is 5. The maximum absolute atomic E-state index is 13.0. The first-order valence-electron chi connectivity index (χ1n) is 7.76. The van der Waals surface area contributed by atoms with Gasteiger partial charge in [0.25, 0.3) is 0 Å². The molecule has 27 heavy (non-hydrogen) atoms. The lowest BCUT2D eigenvalue weighted by atomic mass is 10.0. The molecule has 0 aliphatic heterocycles. The fourth-order valence-electron chi connectivity index (χ4n) is 2.35. The molecule has 0 aliphatic carbocycles. The predicted octanol–water partition coefficient (Wildman–Crippen LogP) is 5.86. The topological polar surface area (TPSA) is 73.2 Å². The smallest absolute Gasteiger partial charge is 0.416 e. The van der Waals surface area contributed by atoms with Crippen LogP contribution in [0.15, 0.2) is 36.4 Å². The van der Waals surface area contributed by atoms with Gasteiger partial charge in [0.2, 0.25) is 0 Å². The van der Waals surface area contributed by atoms with Crippen LogP contribution >= 0.6 is 23.2 Å². The maximum atomic E-state index is 13.0. The Bertz CT molecular complexity index is 870. The van der Waals surface area contributed by atoms with E-state index >= 15 is 0 Å². The molecule has 3 N–H and O–H groups in total. The summed E-state index contributed by atoms with van der Waals surface area (Å²) in [5, 5.41) is 20.4. The van der Waals surface area contributed by atoms with Gasteiger partial charge in [-0.1, -0.05) is 35.3 Å². The van der Waals surface area contributed by atoms with Crippen LogP contribution in [0.1, 0.15) is 29.5 Å². The zero-order valence-corrected chi connectivity index (χ0v) is 15.3. The molecular weight excluding hydrogens is 404 g/mol. The number of benzene rings is 2. The van der Waals surface area contributed by atoms with Crippen molar-refractivity contribution in [2.24, 2.45) is 0 Å². The Hall–Kier alpha value is -2.25. The highest BCUT2D eigenvalue weighted by Gasteiger charge is 2.31. The van der Waals surface area contributed by atoms with E-state index in [1.54, 1.807) is 12.1 Å². The minimum atomic E-state index is -4.55. The van der Waals surface area contributed by atoms with Gasteiger partial charge < -0.3 is 15.8 Å². The quantitative estimate of drug-likeness (QED) is 0.493. The highest BCUT2D eigenvalue weighted by molar-refractivity contribution is 6.35. The van der Waals surface area contributed by atoms with Crippen LogP contribution in [0.25, 0.3) is 0 Å². The van der Waals surface area contributed by atoms with Gasteiger partial charge in [-0.2, -0.15) is 13.2 Å². The molecule has 0 atom stereocenters. The summed E-state index contributed by atoms with van der Waals surface area (Å²) in [6, 6.07) is 7.69.